The number of carbonyl (C=O) groups excluding carboxylic acids is 2. The van der Waals surface area contributed by atoms with Crippen molar-refractivity contribution < 1.29 is 29.0 Å². The number of amides is 2. The van der Waals surface area contributed by atoms with Crippen LogP contribution in [0.3, 0.4) is 0 Å². The molecule has 0 radical (unpaired) electrons. The highest BCUT2D eigenvalue weighted by atomic mass is 16.5. The van der Waals surface area contributed by atoms with Gasteiger partial charge in [0, 0.05) is 18.7 Å². The molecule has 2 fully saturated rings. The molecule has 2 bridgehead atoms. The number of carbonyl (C=O) groups is 3. The Labute approximate surface area is 320 Å². The van der Waals surface area contributed by atoms with E-state index in [1.54, 1.807) is 31.0 Å². The van der Waals surface area contributed by atoms with Gasteiger partial charge in [0.05, 0.1) is 31.2 Å². The van der Waals surface area contributed by atoms with E-state index < -0.39 is 17.4 Å². The first kappa shape index (κ1) is 40.8. The van der Waals surface area contributed by atoms with Gasteiger partial charge in [-0.15, -0.1) is 0 Å². The third-order valence-electron chi connectivity index (χ3n) is 11.5. The summed E-state index contributed by atoms with van der Waals surface area (Å²) in [5.41, 5.74) is 7.75. The van der Waals surface area contributed by atoms with E-state index in [1.165, 1.54) is 0 Å². The van der Waals surface area contributed by atoms with Gasteiger partial charge in [-0.1, -0.05) is 33.3 Å². The Kier molecular flexibility index (Phi) is 13.4. The predicted molar refractivity (Wildman–Crippen MR) is 211 cm³/mol. The molecule has 0 aliphatic heterocycles. The molecule has 0 spiro atoms. The highest BCUT2D eigenvalue weighted by molar-refractivity contribution is 5.98. The van der Waals surface area contributed by atoms with Crippen LogP contribution in [0.15, 0.2) is 42.5 Å². The van der Waals surface area contributed by atoms with Gasteiger partial charge >= 0.3 is 5.97 Å². The Morgan fingerprint density at radius 3 is 2.33 bits per heavy atom. The number of aromatic nitrogens is 2. The van der Waals surface area contributed by atoms with Crippen LogP contribution in [-0.4, -0.2) is 103 Å². The molecular formula is C42H60N6O6. The third kappa shape index (κ3) is 8.60. The number of fused-ring (bicyclic) bond motifs is 2. The first-order chi connectivity index (χ1) is 25.9. The molecule has 4 N–H and O–H groups in total. The molecule has 54 heavy (non-hydrogen) atoms. The Hall–Kier alpha value is -4.42. The lowest BCUT2D eigenvalue weighted by Gasteiger charge is -2.49. The van der Waals surface area contributed by atoms with Crippen LogP contribution >= 0.6 is 0 Å². The van der Waals surface area contributed by atoms with Crippen molar-refractivity contribution in [1.29, 1.82) is 0 Å². The van der Waals surface area contributed by atoms with E-state index in [0.29, 0.717) is 78.3 Å². The van der Waals surface area contributed by atoms with Crippen LogP contribution in [0.1, 0.15) is 104 Å². The van der Waals surface area contributed by atoms with Crippen molar-refractivity contribution in [2.75, 3.05) is 54.5 Å². The summed E-state index contributed by atoms with van der Waals surface area (Å²) in [6.07, 6.45) is 6.38. The lowest BCUT2D eigenvalue weighted by Crippen LogP contribution is -2.62. The van der Waals surface area contributed by atoms with Crippen molar-refractivity contribution in [2.24, 2.45) is 23.5 Å². The minimum absolute atomic E-state index is 0.0313. The number of ether oxygens (including phenoxy) is 2. The molecule has 4 atom stereocenters. The minimum atomic E-state index is -1.37. The summed E-state index contributed by atoms with van der Waals surface area (Å²) in [6.45, 7) is 8.80. The molecular weight excluding hydrogens is 684 g/mol. The Morgan fingerprint density at radius 1 is 1.02 bits per heavy atom. The van der Waals surface area contributed by atoms with Gasteiger partial charge in [-0.05, 0) is 138 Å². The van der Waals surface area contributed by atoms with Crippen molar-refractivity contribution in [2.45, 2.75) is 83.6 Å². The first-order valence-electron chi connectivity index (χ1n) is 19.5. The maximum atomic E-state index is 14.3. The summed E-state index contributed by atoms with van der Waals surface area (Å²) >= 11 is 0. The number of nitrogens with zero attached hydrogens (tertiary/aromatic N) is 4. The number of hydrogen-bond acceptors (Lipinski definition) is 8. The van der Waals surface area contributed by atoms with E-state index in [9.17, 15) is 19.5 Å². The molecule has 2 amide bonds. The highest BCUT2D eigenvalue weighted by Crippen LogP contribution is 2.49. The molecule has 2 aromatic carbocycles. The van der Waals surface area contributed by atoms with Gasteiger partial charge < -0.3 is 35.4 Å². The third-order valence-corrected chi connectivity index (χ3v) is 11.5. The fourth-order valence-electron chi connectivity index (χ4n) is 8.60. The van der Waals surface area contributed by atoms with Crippen molar-refractivity contribution in [3.05, 3.63) is 59.3 Å². The van der Waals surface area contributed by atoms with Gasteiger partial charge in [0.15, 0.2) is 5.69 Å². The largest absolute Gasteiger partial charge is 0.496 e. The summed E-state index contributed by atoms with van der Waals surface area (Å²) in [6, 6.07) is 12.7. The molecule has 3 aromatic rings. The van der Waals surface area contributed by atoms with E-state index in [4.69, 9.17) is 20.3 Å². The van der Waals surface area contributed by atoms with Crippen LogP contribution in [-0.2, 0) is 4.79 Å². The normalized spacial score (nSPS) is 20.9. The lowest BCUT2D eigenvalue weighted by molar-refractivity contribution is -0.151. The predicted octanol–water partition coefficient (Wildman–Crippen LogP) is 6.21. The van der Waals surface area contributed by atoms with E-state index in [0.717, 1.165) is 50.6 Å². The number of methoxy groups -OCH3 is 2. The van der Waals surface area contributed by atoms with Crippen LogP contribution in [0.2, 0.25) is 0 Å². The zero-order valence-corrected chi connectivity index (χ0v) is 33.2. The minimum Gasteiger partial charge on any atom is -0.496 e. The van der Waals surface area contributed by atoms with E-state index in [1.807, 2.05) is 49.3 Å². The SMILES string of the molecule is CCC1CC2CCC(NC(=O)c3cc(-c4c(OC)cccc4OC)n(-c4ccc(C(=O)N(CCCN)CCCN(C)C)cc4C(C)C)n3)(C(=O)O)C(C1)C2. The second-order valence-electron chi connectivity index (χ2n) is 15.7. The number of carboxylic acids is 1. The fraction of sp³-hybridized carbons (Fsp3) is 0.571. The van der Waals surface area contributed by atoms with Crippen molar-refractivity contribution >= 4 is 17.8 Å². The molecule has 2 aliphatic rings. The second kappa shape index (κ2) is 17.8. The Bertz CT molecular complexity index is 1770. The average molecular weight is 745 g/mol. The monoisotopic (exact) mass is 744 g/mol. The summed E-state index contributed by atoms with van der Waals surface area (Å²) in [4.78, 5) is 45.4. The fourth-order valence-corrected chi connectivity index (χ4v) is 8.60. The molecule has 1 heterocycles. The molecule has 1 aromatic heterocycles. The number of rotatable bonds is 17. The van der Waals surface area contributed by atoms with Gasteiger partial charge in [-0.3, -0.25) is 9.59 Å². The molecule has 294 valence electrons. The zero-order valence-electron chi connectivity index (χ0n) is 33.2. The number of nitrogens with two attached hydrogens (primary N) is 1. The maximum Gasteiger partial charge on any atom is 0.329 e. The van der Waals surface area contributed by atoms with E-state index in [2.05, 4.69) is 31.0 Å². The van der Waals surface area contributed by atoms with Gasteiger partial charge in [-0.2, -0.15) is 5.10 Å². The standard InChI is InChI=1S/C42H60N6O6/c1-8-28-22-29-16-17-42(41(51)52,31(23-28)24-29)44-39(49)33-26-35(38-36(53-6)12-9-13-37(38)54-7)48(45-33)34-15-14-30(25-32(34)27(2)3)40(50)47(20-10-18-43)21-11-19-46(4)5/h9,12-15,25-29,31H,8,10-11,16-24,43H2,1-7H3,(H,44,49)(H,51,52). The van der Waals surface area contributed by atoms with Crippen molar-refractivity contribution in [1.82, 2.24) is 24.9 Å². The quantitative estimate of drug-likeness (QED) is 0.147. The molecule has 2 saturated carbocycles. The second-order valence-corrected chi connectivity index (χ2v) is 15.7. The van der Waals surface area contributed by atoms with Crippen molar-refractivity contribution in [3.63, 3.8) is 0 Å². The van der Waals surface area contributed by atoms with E-state index in [-0.39, 0.29) is 23.4 Å². The van der Waals surface area contributed by atoms with Crippen molar-refractivity contribution in [3.8, 4) is 28.4 Å². The van der Waals surface area contributed by atoms with Crippen LogP contribution in [0.4, 0.5) is 0 Å². The van der Waals surface area contributed by atoms with Gasteiger partial charge in [0.1, 0.15) is 17.0 Å². The Morgan fingerprint density at radius 2 is 1.72 bits per heavy atom. The number of hydrogen-bond donors (Lipinski definition) is 3. The molecule has 0 saturated heterocycles. The maximum absolute atomic E-state index is 14.3. The van der Waals surface area contributed by atoms with E-state index >= 15 is 0 Å². The number of carboxylic acid groups (broad SMARTS) is 1. The lowest BCUT2D eigenvalue weighted by atomic mass is 9.59. The first-order valence-corrected chi connectivity index (χ1v) is 19.5. The summed E-state index contributed by atoms with van der Waals surface area (Å²) in [5, 5.41) is 18.7. The van der Waals surface area contributed by atoms with Crippen LogP contribution in [0.25, 0.3) is 16.9 Å². The number of nitrogens with one attached hydrogen (secondary N) is 1. The van der Waals surface area contributed by atoms with Gasteiger partial charge in [0.2, 0.25) is 0 Å². The highest BCUT2D eigenvalue weighted by Gasteiger charge is 2.53. The molecule has 12 nitrogen and oxygen atoms in total. The molecule has 2 aliphatic carbocycles. The number of benzene rings is 2. The summed E-state index contributed by atoms with van der Waals surface area (Å²) in [5.74, 6) is 0.170. The molecule has 12 heteroatoms. The Balaban J connectivity index is 1.60. The van der Waals surface area contributed by atoms with Crippen LogP contribution in [0.5, 0.6) is 11.5 Å². The number of aliphatic carboxylic acids is 1. The summed E-state index contributed by atoms with van der Waals surface area (Å²) in [7, 11) is 7.18. The average Bonchev–Trinajstić information content (AvgIpc) is 3.61. The smallest absolute Gasteiger partial charge is 0.329 e. The molecule has 4 unspecified atom stereocenters. The topological polar surface area (TPSA) is 152 Å². The van der Waals surface area contributed by atoms with Gasteiger partial charge in [-0.25, -0.2) is 9.48 Å². The van der Waals surface area contributed by atoms with Crippen LogP contribution < -0.4 is 20.5 Å². The van der Waals surface area contributed by atoms with Gasteiger partial charge in [0.25, 0.3) is 11.8 Å². The zero-order chi connectivity index (χ0) is 39.2. The van der Waals surface area contributed by atoms with Crippen LogP contribution in [0, 0.1) is 17.8 Å². The molecule has 5 rings (SSSR count). The summed E-state index contributed by atoms with van der Waals surface area (Å²) < 4.78 is 13.3.